The minimum Gasteiger partial charge on any atom is -0.494 e. The molecule has 1 atom stereocenters. The van der Waals surface area contributed by atoms with Crippen LogP contribution in [0.3, 0.4) is 0 Å². The second-order valence-corrected chi connectivity index (χ2v) is 9.49. The SMILES string of the molecule is CCOC[C@@H]1CCCN1CCCOc1ccc(-c2nn(C(C)C)c(=O)c3ccsc23)cc1. The Labute approximate surface area is 193 Å². The zero-order chi connectivity index (χ0) is 22.5. The van der Waals surface area contributed by atoms with Crippen LogP contribution in [0, 0.1) is 0 Å². The summed E-state index contributed by atoms with van der Waals surface area (Å²) in [6.45, 7) is 10.6. The van der Waals surface area contributed by atoms with Gasteiger partial charge < -0.3 is 9.47 Å². The quantitative estimate of drug-likeness (QED) is 0.404. The molecule has 0 amide bonds. The predicted octanol–water partition coefficient (Wildman–Crippen LogP) is 4.98. The Kier molecular flexibility index (Phi) is 7.60. The van der Waals surface area contributed by atoms with E-state index in [1.165, 1.54) is 12.8 Å². The second-order valence-electron chi connectivity index (χ2n) is 8.57. The molecule has 0 aliphatic carbocycles. The van der Waals surface area contributed by atoms with Crippen LogP contribution in [0.25, 0.3) is 21.3 Å². The minimum atomic E-state index is -0.0264. The van der Waals surface area contributed by atoms with E-state index in [0.717, 1.165) is 59.8 Å². The van der Waals surface area contributed by atoms with Crippen LogP contribution in [-0.2, 0) is 4.74 Å². The van der Waals surface area contributed by atoms with Crippen LogP contribution in [0.2, 0.25) is 0 Å². The van der Waals surface area contributed by atoms with Crippen molar-refractivity contribution in [1.82, 2.24) is 14.7 Å². The topological polar surface area (TPSA) is 56.6 Å². The first-order valence-electron chi connectivity index (χ1n) is 11.6. The van der Waals surface area contributed by atoms with Gasteiger partial charge in [0.05, 0.1) is 29.3 Å². The number of likely N-dealkylation sites (tertiary alicyclic amines) is 1. The third-order valence-corrected chi connectivity index (χ3v) is 6.94. The average Bonchev–Trinajstić information content (AvgIpc) is 3.46. The molecule has 0 saturated carbocycles. The summed E-state index contributed by atoms with van der Waals surface area (Å²) in [6, 6.07) is 10.5. The Morgan fingerprint density at radius 1 is 1.22 bits per heavy atom. The van der Waals surface area contributed by atoms with Crippen LogP contribution in [0.15, 0.2) is 40.5 Å². The first-order chi connectivity index (χ1) is 15.6. The van der Waals surface area contributed by atoms with Crippen molar-refractivity contribution in [2.45, 2.75) is 52.1 Å². The number of fused-ring (bicyclic) bond motifs is 1. The molecular formula is C25H33N3O3S. The maximum Gasteiger partial charge on any atom is 0.275 e. The number of nitrogens with zero attached hydrogens (tertiary/aromatic N) is 3. The van der Waals surface area contributed by atoms with Crippen molar-refractivity contribution in [2.75, 3.05) is 32.9 Å². The lowest BCUT2D eigenvalue weighted by Gasteiger charge is -2.24. The van der Waals surface area contributed by atoms with Gasteiger partial charge in [-0.05, 0) is 82.3 Å². The molecular weight excluding hydrogens is 422 g/mol. The highest BCUT2D eigenvalue weighted by molar-refractivity contribution is 7.17. The number of ether oxygens (including phenoxy) is 2. The van der Waals surface area contributed by atoms with E-state index in [0.29, 0.717) is 12.6 Å². The predicted molar refractivity (Wildman–Crippen MR) is 131 cm³/mol. The van der Waals surface area contributed by atoms with Crippen molar-refractivity contribution in [1.29, 1.82) is 0 Å². The standard InChI is InChI=1S/C25H33N3O3S/c1-4-30-17-20-7-5-13-27(20)14-6-15-31-21-10-8-19(9-11-21)23-24-22(12-16-32-24)25(29)28(26-23)18(2)3/h8-12,16,18,20H,4-7,13-15,17H2,1-3H3/t20-/m0/s1. The number of thiophene rings is 1. The summed E-state index contributed by atoms with van der Waals surface area (Å²) in [5.41, 5.74) is 1.82. The molecule has 3 aromatic rings. The van der Waals surface area contributed by atoms with Crippen molar-refractivity contribution in [2.24, 2.45) is 0 Å². The number of hydrogen-bond acceptors (Lipinski definition) is 6. The van der Waals surface area contributed by atoms with Crippen LogP contribution in [0.4, 0.5) is 0 Å². The summed E-state index contributed by atoms with van der Waals surface area (Å²) in [4.78, 5) is 15.2. The Bertz CT molecular complexity index is 1070. The minimum absolute atomic E-state index is 0.0110. The molecule has 0 unspecified atom stereocenters. The van der Waals surface area contributed by atoms with E-state index in [-0.39, 0.29) is 11.6 Å². The number of benzene rings is 1. The van der Waals surface area contributed by atoms with Gasteiger partial charge in [0, 0.05) is 24.8 Å². The van der Waals surface area contributed by atoms with Gasteiger partial charge in [0.1, 0.15) is 11.4 Å². The van der Waals surface area contributed by atoms with E-state index in [2.05, 4.69) is 16.9 Å². The molecule has 1 fully saturated rings. The van der Waals surface area contributed by atoms with Crippen molar-refractivity contribution in [3.8, 4) is 17.0 Å². The average molecular weight is 456 g/mol. The lowest BCUT2D eigenvalue weighted by atomic mass is 10.1. The Hall–Kier alpha value is -2.22. The summed E-state index contributed by atoms with van der Waals surface area (Å²) in [7, 11) is 0. The molecule has 4 rings (SSSR count). The number of rotatable bonds is 10. The molecule has 7 heteroatoms. The van der Waals surface area contributed by atoms with Crippen LogP contribution in [0.5, 0.6) is 5.75 Å². The smallest absolute Gasteiger partial charge is 0.275 e. The fourth-order valence-corrected chi connectivity index (χ4v) is 5.21. The molecule has 0 N–H and O–H groups in total. The van der Waals surface area contributed by atoms with Gasteiger partial charge in [-0.2, -0.15) is 5.10 Å². The fourth-order valence-electron chi connectivity index (χ4n) is 4.32. The molecule has 32 heavy (non-hydrogen) atoms. The van der Waals surface area contributed by atoms with Crippen molar-refractivity contribution >= 4 is 21.4 Å². The Balaban J connectivity index is 1.37. The zero-order valence-electron chi connectivity index (χ0n) is 19.3. The largest absolute Gasteiger partial charge is 0.494 e. The van der Waals surface area contributed by atoms with Gasteiger partial charge in [0.2, 0.25) is 0 Å². The lowest BCUT2D eigenvalue weighted by Crippen LogP contribution is -2.34. The van der Waals surface area contributed by atoms with Gasteiger partial charge in [0.15, 0.2) is 0 Å². The zero-order valence-corrected chi connectivity index (χ0v) is 20.1. The normalized spacial score (nSPS) is 16.9. The molecule has 1 aliphatic heterocycles. The van der Waals surface area contributed by atoms with Crippen LogP contribution >= 0.6 is 11.3 Å². The highest BCUT2D eigenvalue weighted by atomic mass is 32.1. The molecule has 0 radical (unpaired) electrons. The van der Waals surface area contributed by atoms with E-state index in [1.807, 2.05) is 49.6 Å². The molecule has 0 bridgehead atoms. The van der Waals surface area contributed by atoms with Crippen LogP contribution in [0.1, 0.15) is 46.1 Å². The highest BCUT2D eigenvalue weighted by Gasteiger charge is 2.23. The van der Waals surface area contributed by atoms with E-state index in [1.54, 1.807) is 16.0 Å². The van der Waals surface area contributed by atoms with Gasteiger partial charge in [-0.3, -0.25) is 9.69 Å². The summed E-state index contributed by atoms with van der Waals surface area (Å²) in [6.07, 6.45) is 3.49. The summed E-state index contributed by atoms with van der Waals surface area (Å²) < 4.78 is 14.1. The first-order valence-corrected chi connectivity index (χ1v) is 12.5. The maximum atomic E-state index is 12.7. The van der Waals surface area contributed by atoms with Gasteiger partial charge in [-0.15, -0.1) is 11.3 Å². The lowest BCUT2D eigenvalue weighted by molar-refractivity contribution is 0.0829. The Morgan fingerprint density at radius 2 is 2.03 bits per heavy atom. The fraction of sp³-hybridized carbons (Fsp3) is 0.520. The van der Waals surface area contributed by atoms with Gasteiger partial charge in [-0.1, -0.05) is 0 Å². The molecule has 1 aromatic carbocycles. The number of aromatic nitrogens is 2. The van der Waals surface area contributed by atoms with E-state index in [4.69, 9.17) is 9.47 Å². The van der Waals surface area contributed by atoms with Crippen molar-refractivity contribution in [3.05, 3.63) is 46.1 Å². The second kappa shape index (κ2) is 10.6. The third-order valence-electron chi connectivity index (χ3n) is 6.02. The molecule has 1 saturated heterocycles. The third kappa shape index (κ3) is 5.05. The molecule has 2 aromatic heterocycles. The number of hydrogen-bond donors (Lipinski definition) is 0. The first kappa shape index (κ1) is 23.0. The summed E-state index contributed by atoms with van der Waals surface area (Å²) in [5, 5.41) is 7.37. The molecule has 0 spiro atoms. The maximum absolute atomic E-state index is 12.7. The van der Waals surface area contributed by atoms with Crippen LogP contribution in [-0.4, -0.2) is 53.6 Å². The molecule has 6 nitrogen and oxygen atoms in total. The molecule has 172 valence electrons. The van der Waals surface area contributed by atoms with Crippen molar-refractivity contribution in [3.63, 3.8) is 0 Å². The highest BCUT2D eigenvalue weighted by Crippen LogP contribution is 2.30. The Morgan fingerprint density at radius 3 is 2.78 bits per heavy atom. The van der Waals surface area contributed by atoms with Crippen molar-refractivity contribution < 1.29 is 9.47 Å². The van der Waals surface area contributed by atoms with E-state index in [9.17, 15) is 4.79 Å². The molecule has 3 heterocycles. The van der Waals surface area contributed by atoms with Gasteiger partial charge >= 0.3 is 0 Å². The summed E-state index contributed by atoms with van der Waals surface area (Å²) in [5.74, 6) is 0.862. The van der Waals surface area contributed by atoms with E-state index >= 15 is 0 Å². The van der Waals surface area contributed by atoms with Gasteiger partial charge in [0.25, 0.3) is 5.56 Å². The van der Waals surface area contributed by atoms with Gasteiger partial charge in [-0.25, -0.2) is 4.68 Å². The van der Waals surface area contributed by atoms with E-state index < -0.39 is 0 Å². The summed E-state index contributed by atoms with van der Waals surface area (Å²) >= 11 is 1.56. The molecule has 1 aliphatic rings. The monoisotopic (exact) mass is 455 g/mol. The van der Waals surface area contributed by atoms with Crippen LogP contribution < -0.4 is 10.3 Å².